The summed E-state index contributed by atoms with van der Waals surface area (Å²) in [5, 5.41) is 8.96. The maximum atomic E-state index is 12.1. The molecule has 6 nitrogen and oxygen atoms in total. The molecule has 1 heterocycles. The molecule has 1 unspecified atom stereocenters. The summed E-state index contributed by atoms with van der Waals surface area (Å²) in [5.74, 6) is -1.27. The number of hydrogen-bond donors (Lipinski definition) is 2. The van der Waals surface area contributed by atoms with Gasteiger partial charge in [-0.15, -0.1) is 0 Å². The van der Waals surface area contributed by atoms with Gasteiger partial charge in [-0.3, -0.25) is 0 Å². The van der Waals surface area contributed by atoms with Crippen LogP contribution in [0.15, 0.2) is 23.1 Å². The molecule has 0 aliphatic carbocycles. The zero-order chi connectivity index (χ0) is 15.5. The second kappa shape index (κ2) is 6.74. The first kappa shape index (κ1) is 16.2. The van der Waals surface area contributed by atoms with Crippen molar-refractivity contribution < 1.29 is 23.1 Å². The summed E-state index contributed by atoms with van der Waals surface area (Å²) in [6.45, 7) is 0.967. The summed E-state index contributed by atoms with van der Waals surface area (Å²) < 4.78 is 32.1. The third kappa shape index (κ3) is 4.16. The molecule has 1 aromatic rings. The van der Waals surface area contributed by atoms with Crippen molar-refractivity contribution in [3.05, 3.63) is 28.8 Å². The summed E-state index contributed by atoms with van der Waals surface area (Å²) in [6, 6.07) is 3.60. The highest BCUT2D eigenvalue weighted by molar-refractivity contribution is 7.89. The van der Waals surface area contributed by atoms with Crippen LogP contribution in [0.2, 0.25) is 5.02 Å². The lowest BCUT2D eigenvalue weighted by molar-refractivity contribution is 0.0697. The van der Waals surface area contributed by atoms with E-state index in [0.29, 0.717) is 6.42 Å². The van der Waals surface area contributed by atoms with E-state index in [1.807, 2.05) is 0 Å². The van der Waals surface area contributed by atoms with Crippen LogP contribution in [0.1, 0.15) is 29.6 Å². The monoisotopic (exact) mass is 333 g/mol. The highest BCUT2D eigenvalue weighted by Crippen LogP contribution is 2.21. The zero-order valence-electron chi connectivity index (χ0n) is 11.2. The average Bonchev–Trinajstić information content (AvgIpc) is 2.91. The van der Waals surface area contributed by atoms with Gasteiger partial charge in [0.15, 0.2) is 0 Å². The zero-order valence-corrected chi connectivity index (χ0v) is 12.8. The molecule has 1 fully saturated rings. The minimum atomic E-state index is -3.75. The van der Waals surface area contributed by atoms with Crippen molar-refractivity contribution >= 4 is 27.6 Å². The van der Waals surface area contributed by atoms with E-state index in [4.69, 9.17) is 21.4 Å². The Kier molecular flexibility index (Phi) is 5.21. The number of rotatable bonds is 6. The Morgan fingerprint density at radius 2 is 2.24 bits per heavy atom. The van der Waals surface area contributed by atoms with Gasteiger partial charge in [0.25, 0.3) is 0 Å². The fraction of sp³-hybridized carbons (Fsp3) is 0.462. The number of aromatic carboxylic acids is 1. The number of halogens is 1. The molecule has 1 saturated heterocycles. The molecule has 0 radical (unpaired) electrons. The highest BCUT2D eigenvalue weighted by Gasteiger charge is 2.20. The SMILES string of the molecule is O=C(O)c1cc(S(=O)(=O)NCCC2CCCO2)ccc1Cl. The van der Waals surface area contributed by atoms with Gasteiger partial charge in [-0.1, -0.05) is 11.6 Å². The van der Waals surface area contributed by atoms with Crippen LogP contribution in [0.4, 0.5) is 0 Å². The van der Waals surface area contributed by atoms with Crippen molar-refractivity contribution in [1.82, 2.24) is 4.72 Å². The van der Waals surface area contributed by atoms with Crippen LogP contribution in [0.5, 0.6) is 0 Å². The maximum absolute atomic E-state index is 12.1. The van der Waals surface area contributed by atoms with Crippen LogP contribution in [0.25, 0.3) is 0 Å². The summed E-state index contributed by atoms with van der Waals surface area (Å²) >= 11 is 5.72. The molecule has 2 N–H and O–H groups in total. The standard InChI is InChI=1S/C13H16ClNO5S/c14-12-4-3-10(8-11(12)13(16)17)21(18,19)15-6-5-9-2-1-7-20-9/h3-4,8-9,15H,1-2,5-7H2,(H,16,17). The lowest BCUT2D eigenvalue weighted by Gasteiger charge is -2.11. The Labute approximate surface area is 128 Å². The number of carboxylic acids is 1. The predicted molar refractivity (Wildman–Crippen MR) is 77.2 cm³/mol. The van der Waals surface area contributed by atoms with Gasteiger partial charge >= 0.3 is 5.97 Å². The first-order valence-corrected chi connectivity index (χ1v) is 8.40. The number of nitrogens with one attached hydrogen (secondary N) is 1. The van der Waals surface area contributed by atoms with Gasteiger partial charge in [-0.25, -0.2) is 17.9 Å². The van der Waals surface area contributed by atoms with Gasteiger partial charge in [0.2, 0.25) is 10.0 Å². The molecule has 0 amide bonds. The largest absolute Gasteiger partial charge is 0.478 e. The van der Waals surface area contributed by atoms with Crippen molar-refractivity contribution in [1.29, 1.82) is 0 Å². The van der Waals surface area contributed by atoms with Gasteiger partial charge in [0, 0.05) is 13.2 Å². The third-order valence-electron chi connectivity index (χ3n) is 3.26. The number of carboxylic acid groups (broad SMARTS) is 1. The van der Waals surface area contributed by atoms with Crippen molar-refractivity contribution in [2.75, 3.05) is 13.2 Å². The molecular weight excluding hydrogens is 318 g/mol. The van der Waals surface area contributed by atoms with E-state index in [1.54, 1.807) is 0 Å². The Bertz CT molecular complexity index is 625. The highest BCUT2D eigenvalue weighted by atomic mass is 35.5. The molecular formula is C13H16ClNO5S. The molecule has 21 heavy (non-hydrogen) atoms. The number of carbonyl (C=O) groups is 1. The van der Waals surface area contributed by atoms with Gasteiger partial charge in [0.1, 0.15) is 0 Å². The normalized spacial score (nSPS) is 18.8. The Morgan fingerprint density at radius 1 is 1.48 bits per heavy atom. The van der Waals surface area contributed by atoms with Crippen LogP contribution < -0.4 is 4.72 Å². The predicted octanol–water partition coefficient (Wildman–Crippen LogP) is 1.89. The van der Waals surface area contributed by atoms with Crippen LogP contribution in [-0.4, -0.2) is 38.7 Å². The summed E-state index contributed by atoms with van der Waals surface area (Å²) in [6.07, 6.45) is 2.62. The van der Waals surface area contributed by atoms with Gasteiger partial charge in [-0.05, 0) is 37.5 Å². The fourth-order valence-electron chi connectivity index (χ4n) is 2.15. The van der Waals surface area contributed by atoms with Crippen molar-refractivity contribution in [3.63, 3.8) is 0 Å². The first-order chi connectivity index (χ1) is 9.90. The van der Waals surface area contributed by atoms with E-state index < -0.39 is 16.0 Å². The molecule has 0 bridgehead atoms. The van der Waals surface area contributed by atoms with E-state index in [0.717, 1.165) is 25.5 Å². The summed E-state index contributed by atoms with van der Waals surface area (Å²) in [4.78, 5) is 10.9. The van der Waals surface area contributed by atoms with Crippen LogP contribution in [-0.2, 0) is 14.8 Å². The van der Waals surface area contributed by atoms with Gasteiger partial charge < -0.3 is 9.84 Å². The molecule has 1 aromatic carbocycles. The minimum Gasteiger partial charge on any atom is -0.478 e. The fourth-order valence-corrected chi connectivity index (χ4v) is 3.42. The van der Waals surface area contributed by atoms with Gasteiger partial charge in [-0.2, -0.15) is 0 Å². The van der Waals surface area contributed by atoms with E-state index in [2.05, 4.69) is 4.72 Å². The van der Waals surface area contributed by atoms with Crippen LogP contribution >= 0.6 is 11.6 Å². The first-order valence-electron chi connectivity index (χ1n) is 6.54. The molecule has 116 valence electrons. The average molecular weight is 334 g/mol. The quantitative estimate of drug-likeness (QED) is 0.829. The summed E-state index contributed by atoms with van der Waals surface area (Å²) in [7, 11) is -3.75. The van der Waals surface area contributed by atoms with E-state index in [1.165, 1.54) is 12.1 Å². The Hall–Kier alpha value is -1.15. The topological polar surface area (TPSA) is 92.7 Å². The Balaban J connectivity index is 2.04. The van der Waals surface area contributed by atoms with Crippen LogP contribution in [0.3, 0.4) is 0 Å². The van der Waals surface area contributed by atoms with E-state index >= 15 is 0 Å². The summed E-state index contributed by atoms with van der Waals surface area (Å²) in [5.41, 5.74) is -0.237. The molecule has 1 atom stereocenters. The van der Waals surface area contributed by atoms with Gasteiger partial charge in [0.05, 0.1) is 21.6 Å². The van der Waals surface area contributed by atoms with Crippen molar-refractivity contribution in [2.45, 2.75) is 30.3 Å². The molecule has 0 aromatic heterocycles. The molecule has 0 saturated carbocycles. The van der Waals surface area contributed by atoms with Crippen molar-refractivity contribution in [3.8, 4) is 0 Å². The Morgan fingerprint density at radius 3 is 2.86 bits per heavy atom. The minimum absolute atomic E-state index is 0.000746. The molecule has 2 rings (SSSR count). The molecule has 1 aliphatic heterocycles. The number of ether oxygens (including phenoxy) is 1. The third-order valence-corrected chi connectivity index (χ3v) is 5.05. The lowest BCUT2D eigenvalue weighted by atomic mass is 10.2. The second-order valence-corrected chi connectivity index (χ2v) is 6.94. The van der Waals surface area contributed by atoms with E-state index in [9.17, 15) is 13.2 Å². The number of benzene rings is 1. The van der Waals surface area contributed by atoms with E-state index in [-0.39, 0.29) is 28.1 Å². The van der Waals surface area contributed by atoms with Crippen LogP contribution in [0, 0.1) is 0 Å². The second-order valence-electron chi connectivity index (χ2n) is 4.77. The molecule has 8 heteroatoms. The number of sulfonamides is 1. The molecule has 1 aliphatic rings. The van der Waals surface area contributed by atoms with Crippen molar-refractivity contribution in [2.24, 2.45) is 0 Å². The maximum Gasteiger partial charge on any atom is 0.337 e. The molecule has 0 spiro atoms. The lowest BCUT2D eigenvalue weighted by Crippen LogP contribution is -2.27. The smallest absolute Gasteiger partial charge is 0.337 e. The number of hydrogen-bond acceptors (Lipinski definition) is 4.